The third-order valence-corrected chi connectivity index (χ3v) is 5.45. The lowest BCUT2D eigenvalue weighted by molar-refractivity contribution is -0.115. The van der Waals surface area contributed by atoms with Crippen LogP contribution in [-0.4, -0.2) is 26.0 Å². The minimum atomic E-state index is -0.413. The van der Waals surface area contributed by atoms with Crippen molar-refractivity contribution in [1.29, 1.82) is 0 Å². The fraction of sp³-hybridized carbons (Fsp3) is 0.250. The number of aryl methyl sites for hydroxylation is 2. The molecule has 0 fully saturated rings. The number of nitrogens with zero attached hydrogens (tertiary/aromatic N) is 3. The number of halogens is 1. The topological polar surface area (TPSA) is 85.8 Å². The molecule has 0 unspecified atom stereocenters. The quantitative estimate of drug-likeness (QED) is 0.490. The van der Waals surface area contributed by atoms with E-state index in [2.05, 4.69) is 15.5 Å². The van der Waals surface area contributed by atoms with Crippen molar-refractivity contribution in [2.75, 3.05) is 11.2 Å². The number of carbonyl (C=O) groups excluding carboxylic acids is 1. The number of nitrogen functional groups attached to an aromatic ring is 1. The van der Waals surface area contributed by atoms with Crippen molar-refractivity contribution in [2.45, 2.75) is 37.6 Å². The van der Waals surface area contributed by atoms with E-state index in [9.17, 15) is 9.18 Å². The van der Waals surface area contributed by atoms with Crippen LogP contribution in [0.5, 0.6) is 0 Å². The standard InChI is InChI=1S/C20H22FN5OS/c1-12-5-4-6-13(2)18(12)23-19(27)14(3)28-20-25-24-17(26(20)22)11-15-7-9-16(21)10-8-15/h4-10,14H,11,22H2,1-3H3,(H,23,27)/t14-/m0/s1. The Morgan fingerprint density at radius 2 is 1.82 bits per heavy atom. The first-order valence-corrected chi connectivity index (χ1v) is 9.70. The van der Waals surface area contributed by atoms with Crippen molar-refractivity contribution in [3.63, 3.8) is 0 Å². The zero-order valence-electron chi connectivity index (χ0n) is 15.9. The van der Waals surface area contributed by atoms with Gasteiger partial charge in [-0.25, -0.2) is 9.07 Å². The number of anilines is 1. The number of carbonyl (C=O) groups is 1. The fourth-order valence-electron chi connectivity index (χ4n) is 2.74. The zero-order chi connectivity index (χ0) is 20.3. The van der Waals surface area contributed by atoms with Crippen LogP contribution in [0.25, 0.3) is 0 Å². The summed E-state index contributed by atoms with van der Waals surface area (Å²) in [5.74, 6) is 6.21. The number of rotatable bonds is 6. The van der Waals surface area contributed by atoms with E-state index in [0.717, 1.165) is 22.4 Å². The average Bonchev–Trinajstić information content (AvgIpc) is 3.00. The van der Waals surface area contributed by atoms with Gasteiger partial charge < -0.3 is 11.2 Å². The zero-order valence-corrected chi connectivity index (χ0v) is 16.8. The highest BCUT2D eigenvalue weighted by Gasteiger charge is 2.20. The van der Waals surface area contributed by atoms with Crippen molar-refractivity contribution in [2.24, 2.45) is 0 Å². The monoisotopic (exact) mass is 399 g/mol. The molecular weight excluding hydrogens is 377 g/mol. The van der Waals surface area contributed by atoms with Gasteiger partial charge in [0.15, 0.2) is 5.82 Å². The number of hydrogen-bond acceptors (Lipinski definition) is 5. The van der Waals surface area contributed by atoms with Crippen LogP contribution < -0.4 is 11.2 Å². The van der Waals surface area contributed by atoms with Gasteiger partial charge in [-0.2, -0.15) is 0 Å². The van der Waals surface area contributed by atoms with E-state index >= 15 is 0 Å². The Balaban J connectivity index is 1.67. The number of para-hydroxylation sites is 1. The lowest BCUT2D eigenvalue weighted by Crippen LogP contribution is -2.24. The highest BCUT2D eigenvalue weighted by molar-refractivity contribution is 8.00. The maximum Gasteiger partial charge on any atom is 0.237 e. The van der Waals surface area contributed by atoms with Gasteiger partial charge >= 0.3 is 0 Å². The van der Waals surface area contributed by atoms with Crippen LogP contribution in [0.3, 0.4) is 0 Å². The van der Waals surface area contributed by atoms with E-state index in [1.165, 1.54) is 28.6 Å². The summed E-state index contributed by atoms with van der Waals surface area (Å²) in [6.45, 7) is 5.71. The van der Waals surface area contributed by atoms with Gasteiger partial charge in [0, 0.05) is 12.1 Å². The second-order valence-corrected chi connectivity index (χ2v) is 7.90. The number of nitrogens with two attached hydrogens (primary N) is 1. The molecule has 3 N–H and O–H groups in total. The number of benzene rings is 2. The molecule has 8 heteroatoms. The van der Waals surface area contributed by atoms with Gasteiger partial charge in [0.25, 0.3) is 0 Å². The molecule has 3 aromatic rings. The Hall–Kier alpha value is -2.87. The Bertz CT molecular complexity index is 967. The highest BCUT2D eigenvalue weighted by atomic mass is 32.2. The first-order chi connectivity index (χ1) is 13.3. The summed E-state index contributed by atoms with van der Waals surface area (Å²) < 4.78 is 14.4. The van der Waals surface area contributed by atoms with Gasteiger partial charge in [-0.1, -0.05) is 42.1 Å². The number of thioether (sulfide) groups is 1. The molecule has 28 heavy (non-hydrogen) atoms. The summed E-state index contributed by atoms with van der Waals surface area (Å²) in [6.07, 6.45) is 0.424. The summed E-state index contributed by atoms with van der Waals surface area (Å²) in [5, 5.41) is 11.2. The smallest absolute Gasteiger partial charge is 0.237 e. The Morgan fingerprint density at radius 1 is 1.18 bits per heavy atom. The van der Waals surface area contributed by atoms with E-state index in [-0.39, 0.29) is 11.7 Å². The number of hydrogen-bond donors (Lipinski definition) is 2. The lowest BCUT2D eigenvalue weighted by atomic mass is 10.1. The Kier molecular flexibility index (Phi) is 5.99. The molecule has 0 aliphatic carbocycles. The summed E-state index contributed by atoms with van der Waals surface area (Å²) in [5.41, 5.74) is 3.72. The predicted octanol–water partition coefficient (Wildman–Crippen LogP) is 3.46. The SMILES string of the molecule is Cc1cccc(C)c1NC(=O)[C@H](C)Sc1nnc(Cc2ccc(F)cc2)n1N. The molecule has 0 radical (unpaired) electrons. The van der Waals surface area contributed by atoms with Crippen LogP contribution in [0.15, 0.2) is 47.6 Å². The largest absolute Gasteiger partial charge is 0.336 e. The summed E-state index contributed by atoms with van der Waals surface area (Å²) in [6, 6.07) is 12.0. The number of nitrogens with one attached hydrogen (secondary N) is 1. The van der Waals surface area contributed by atoms with Crippen LogP contribution >= 0.6 is 11.8 Å². The van der Waals surface area contributed by atoms with Crippen LogP contribution in [0, 0.1) is 19.7 Å². The van der Waals surface area contributed by atoms with Crippen LogP contribution in [0.2, 0.25) is 0 Å². The normalized spacial score (nSPS) is 12.0. The molecule has 146 valence electrons. The molecule has 2 aromatic carbocycles. The first-order valence-electron chi connectivity index (χ1n) is 8.82. The molecule has 1 heterocycles. The molecule has 6 nitrogen and oxygen atoms in total. The fourth-order valence-corrected chi connectivity index (χ4v) is 3.53. The average molecular weight is 399 g/mol. The molecule has 0 aliphatic heterocycles. The Morgan fingerprint density at radius 3 is 2.46 bits per heavy atom. The molecule has 1 aromatic heterocycles. The molecule has 1 atom stereocenters. The van der Waals surface area contributed by atoms with Crippen molar-refractivity contribution < 1.29 is 9.18 Å². The molecule has 0 bridgehead atoms. The minimum Gasteiger partial charge on any atom is -0.336 e. The van der Waals surface area contributed by atoms with Gasteiger partial charge in [0.2, 0.25) is 11.1 Å². The second-order valence-electron chi connectivity index (χ2n) is 6.59. The van der Waals surface area contributed by atoms with Crippen LogP contribution in [-0.2, 0) is 11.2 Å². The highest BCUT2D eigenvalue weighted by Crippen LogP contribution is 2.25. The maximum atomic E-state index is 13.0. The van der Waals surface area contributed by atoms with Gasteiger partial charge in [0.05, 0.1) is 5.25 Å². The minimum absolute atomic E-state index is 0.134. The van der Waals surface area contributed by atoms with Gasteiger partial charge in [-0.3, -0.25) is 4.79 Å². The first kappa shape index (κ1) is 19.9. The van der Waals surface area contributed by atoms with Crippen LogP contribution in [0.4, 0.5) is 10.1 Å². The molecule has 0 saturated heterocycles. The third kappa shape index (κ3) is 4.51. The summed E-state index contributed by atoms with van der Waals surface area (Å²) in [4.78, 5) is 12.6. The van der Waals surface area contributed by atoms with E-state index in [1.807, 2.05) is 32.0 Å². The summed E-state index contributed by atoms with van der Waals surface area (Å²) in [7, 11) is 0. The molecular formula is C20H22FN5OS. The molecule has 0 saturated carbocycles. The third-order valence-electron chi connectivity index (χ3n) is 4.39. The van der Waals surface area contributed by atoms with Gasteiger partial charge in [-0.05, 0) is 49.6 Å². The Labute approximate surface area is 167 Å². The van der Waals surface area contributed by atoms with Crippen molar-refractivity contribution in [1.82, 2.24) is 14.9 Å². The molecule has 0 spiro atoms. The number of amides is 1. The molecule has 0 aliphatic rings. The van der Waals surface area contributed by atoms with E-state index in [1.54, 1.807) is 19.1 Å². The van der Waals surface area contributed by atoms with Gasteiger partial charge in [0.1, 0.15) is 5.82 Å². The van der Waals surface area contributed by atoms with Gasteiger partial charge in [-0.15, -0.1) is 10.2 Å². The molecule has 3 rings (SSSR count). The number of aromatic nitrogens is 3. The van der Waals surface area contributed by atoms with E-state index in [4.69, 9.17) is 5.84 Å². The van der Waals surface area contributed by atoms with E-state index < -0.39 is 5.25 Å². The predicted molar refractivity (Wildman–Crippen MR) is 109 cm³/mol. The molecule has 1 amide bonds. The second kappa shape index (κ2) is 8.43. The van der Waals surface area contributed by atoms with Crippen molar-refractivity contribution in [3.05, 3.63) is 70.8 Å². The van der Waals surface area contributed by atoms with Crippen LogP contribution in [0.1, 0.15) is 29.4 Å². The maximum absolute atomic E-state index is 13.0. The van der Waals surface area contributed by atoms with Crippen molar-refractivity contribution in [3.8, 4) is 0 Å². The lowest BCUT2D eigenvalue weighted by Gasteiger charge is -2.15. The summed E-state index contributed by atoms with van der Waals surface area (Å²) >= 11 is 1.24. The van der Waals surface area contributed by atoms with E-state index in [0.29, 0.717) is 17.4 Å². The van der Waals surface area contributed by atoms with Crippen molar-refractivity contribution >= 4 is 23.4 Å².